The Labute approximate surface area is 108 Å². The SMILES string of the molecule is C#CCCCCNC(=O)N(CC(=O)O)CC(F)(F)F. The van der Waals surface area contributed by atoms with Crippen LogP contribution in [0.3, 0.4) is 0 Å². The highest BCUT2D eigenvalue weighted by molar-refractivity contribution is 5.80. The average molecular weight is 280 g/mol. The molecule has 0 aliphatic carbocycles. The predicted molar refractivity (Wildman–Crippen MR) is 61.3 cm³/mol. The Morgan fingerprint density at radius 3 is 2.42 bits per heavy atom. The minimum atomic E-state index is -4.64. The molecular formula is C11H15F3N2O3. The molecule has 0 saturated carbocycles. The molecule has 19 heavy (non-hydrogen) atoms. The Balaban J connectivity index is 4.23. The number of alkyl halides is 3. The minimum absolute atomic E-state index is 0.147. The number of carboxylic acid groups (broad SMARTS) is 1. The number of hydrogen-bond donors (Lipinski definition) is 2. The predicted octanol–water partition coefficient (Wildman–Crippen LogP) is 1.45. The van der Waals surface area contributed by atoms with Crippen molar-refractivity contribution in [2.24, 2.45) is 0 Å². The van der Waals surface area contributed by atoms with Gasteiger partial charge in [-0.15, -0.1) is 12.3 Å². The third-order valence-electron chi connectivity index (χ3n) is 2.01. The number of carboxylic acids is 1. The van der Waals surface area contributed by atoms with Crippen LogP contribution in [0.5, 0.6) is 0 Å². The summed E-state index contributed by atoms with van der Waals surface area (Å²) in [5.41, 5.74) is 0. The van der Waals surface area contributed by atoms with Crippen molar-refractivity contribution in [3.63, 3.8) is 0 Å². The Hall–Kier alpha value is -1.91. The standard InChI is InChI=1S/C11H15F3N2O3/c1-2-3-4-5-6-15-10(19)16(7-9(17)18)8-11(12,13)14/h1H,3-8H2,(H,15,19)(H,17,18). The first-order chi connectivity index (χ1) is 8.76. The van der Waals surface area contributed by atoms with Gasteiger partial charge in [0.2, 0.25) is 0 Å². The van der Waals surface area contributed by atoms with Gasteiger partial charge in [0.05, 0.1) is 0 Å². The van der Waals surface area contributed by atoms with Gasteiger partial charge in [-0.25, -0.2) is 4.79 Å². The topological polar surface area (TPSA) is 69.6 Å². The summed E-state index contributed by atoms with van der Waals surface area (Å²) in [6.45, 7) is -2.46. The molecule has 108 valence electrons. The third-order valence-corrected chi connectivity index (χ3v) is 2.01. The van der Waals surface area contributed by atoms with Crippen molar-refractivity contribution in [2.45, 2.75) is 25.4 Å². The number of urea groups is 1. The van der Waals surface area contributed by atoms with Gasteiger partial charge in [0.25, 0.3) is 0 Å². The van der Waals surface area contributed by atoms with E-state index in [9.17, 15) is 22.8 Å². The van der Waals surface area contributed by atoms with Gasteiger partial charge in [-0.1, -0.05) is 0 Å². The van der Waals surface area contributed by atoms with Crippen LogP contribution >= 0.6 is 0 Å². The molecule has 0 saturated heterocycles. The second-order valence-electron chi connectivity index (χ2n) is 3.76. The van der Waals surface area contributed by atoms with E-state index in [0.717, 1.165) is 0 Å². The van der Waals surface area contributed by atoms with E-state index < -0.39 is 31.3 Å². The molecular weight excluding hydrogens is 265 g/mol. The number of carbonyl (C=O) groups excluding carboxylic acids is 1. The quantitative estimate of drug-likeness (QED) is 0.548. The van der Waals surface area contributed by atoms with Crippen LogP contribution in [-0.4, -0.2) is 47.8 Å². The van der Waals surface area contributed by atoms with Crippen molar-refractivity contribution in [1.82, 2.24) is 10.2 Å². The molecule has 0 aliphatic heterocycles. The number of unbranched alkanes of at least 4 members (excludes halogenated alkanes) is 2. The van der Waals surface area contributed by atoms with Crippen LogP contribution in [-0.2, 0) is 4.79 Å². The average Bonchev–Trinajstić information content (AvgIpc) is 2.25. The lowest BCUT2D eigenvalue weighted by atomic mass is 10.2. The summed E-state index contributed by atoms with van der Waals surface area (Å²) in [5, 5.41) is 10.7. The van der Waals surface area contributed by atoms with Crippen molar-refractivity contribution < 1.29 is 27.9 Å². The summed E-state index contributed by atoms with van der Waals surface area (Å²) in [6.07, 6.45) is 2.03. The van der Waals surface area contributed by atoms with Gasteiger partial charge in [-0.05, 0) is 12.8 Å². The number of nitrogens with one attached hydrogen (secondary N) is 1. The van der Waals surface area contributed by atoms with Crippen molar-refractivity contribution in [2.75, 3.05) is 19.6 Å². The van der Waals surface area contributed by atoms with Gasteiger partial charge < -0.3 is 15.3 Å². The van der Waals surface area contributed by atoms with Crippen LogP contribution < -0.4 is 5.32 Å². The smallest absolute Gasteiger partial charge is 0.406 e. The van der Waals surface area contributed by atoms with E-state index in [1.54, 1.807) is 0 Å². The van der Waals surface area contributed by atoms with Crippen LogP contribution in [0.25, 0.3) is 0 Å². The molecule has 0 fully saturated rings. The van der Waals surface area contributed by atoms with Gasteiger partial charge >= 0.3 is 18.2 Å². The molecule has 8 heteroatoms. The fourth-order valence-corrected chi connectivity index (χ4v) is 1.24. The summed E-state index contributed by atoms with van der Waals surface area (Å²) in [7, 11) is 0. The van der Waals surface area contributed by atoms with Crippen LogP contribution in [0.4, 0.5) is 18.0 Å². The molecule has 0 spiro atoms. The molecule has 0 aliphatic rings. The molecule has 0 radical (unpaired) electrons. The van der Waals surface area contributed by atoms with Crippen molar-refractivity contribution in [3.8, 4) is 12.3 Å². The first-order valence-corrected chi connectivity index (χ1v) is 5.51. The summed E-state index contributed by atoms with van der Waals surface area (Å²) < 4.78 is 36.5. The number of hydrogen-bond acceptors (Lipinski definition) is 2. The Morgan fingerprint density at radius 1 is 1.32 bits per heavy atom. The van der Waals surface area contributed by atoms with Gasteiger partial charge in [0.1, 0.15) is 13.1 Å². The van der Waals surface area contributed by atoms with Crippen LogP contribution in [0.15, 0.2) is 0 Å². The van der Waals surface area contributed by atoms with Crippen LogP contribution in [0.1, 0.15) is 19.3 Å². The maximum Gasteiger partial charge on any atom is 0.406 e. The normalized spacial score (nSPS) is 10.6. The maximum atomic E-state index is 12.2. The number of halogens is 3. The Morgan fingerprint density at radius 2 is 1.95 bits per heavy atom. The third kappa shape index (κ3) is 9.76. The van der Waals surface area contributed by atoms with E-state index in [4.69, 9.17) is 11.5 Å². The largest absolute Gasteiger partial charge is 0.480 e. The number of rotatable bonds is 7. The molecule has 2 amide bonds. The highest BCUT2D eigenvalue weighted by atomic mass is 19.4. The molecule has 0 rings (SSSR count). The summed E-state index contributed by atoms with van der Waals surface area (Å²) >= 11 is 0. The fraction of sp³-hybridized carbons (Fsp3) is 0.636. The summed E-state index contributed by atoms with van der Waals surface area (Å²) in [5.74, 6) is 0.879. The molecule has 5 nitrogen and oxygen atoms in total. The summed E-state index contributed by atoms with van der Waals surface area (Å²) in [4.78, 5) is 22.0. The number of nitrogens with zero attached hydrogens (tertiary/aromatic N) is 1. The first kappa shape index (κ1) is 17.1. The van der Waals surface area contributed by atoms with E-state index >= 15 is 0 Å². The summed E-state index contributed by atoms with van der Waals surface area (Å²) in [6, 6.07) is -1.06. The zero-order valence-corrected chi connectivity index (χ0v) is 10.2. The molecule has 0 atom stereocenters. The maximum absolute atomic E-state index is 12.2. The lowest BCUT2D eigenvalue weighted by Gasteiger charge is -2.22. The van der Waals surface area contributed by atoms with E-state index in [-0.39, 0.29) is 11.4 Å². The number of amides is 2. The number of aliphatic carboxylic acids is 1. The molecule has 0 unspecified atom stereocenters. The van der Waals surface area contributed by atoms with Gasteiger partial charge in [-0.3, -0.25) is 4.79 Å². The van der Waals surface area contributed by atoms with Crippen LogP contribution in [0.2, 0.25) is 0 Å². The number of terminal acetylenes is 1. The van der Waals surface area contributed by atoms with E-state index in [1.165, 1.54) is 0 Å². The van der Waals surface area contributed by atoms with Crippen molar-refractivity contribution in [3.05, 3.63) is 0 Å². The fourth-order valence-electron chi connectivity index (χ4n) is 1.24. The molecule has 0 aromatic rings. The molecule has 2 N–H and O–H groups in total. The second-order valence-corrected chi connectivity index (χ2v) is 3.76. The molecule has 0 aromatic heterocycles. The van der Waals surface area contributed by atoms with E-state index in [0.29, 0.717) is 19.3 Å². The van der Waals surface area contributed by atoms with Gasteiger partial charge in [0, 0.05) is 13.0 Å². The highest BCUT2D eigenvalue weighted by Crippen LogP contribution is 2.16. The zero-order chi connectivity index (χ0) is 14.9. The van der Waals surface area contributed by atoms with E-state index in [2.05, 4.69) is 11.2 Å². The first-order valence-electron chi connectivity index (χ1n) is 5.51. The van der Waals surface area contributed by atoms with Gasteiger partial charge in [0.15, 0.2) is 0 Å². The van der Waals surface area contributed by atoms with Crippen molar-refractivity contribution in [1.29, 1.82) is 0 Å². The monoisotopic (exact) mass is 280 g/mol. The van der Waals surface area contributed by atoms with Crippen LogP contribution in [0, 0.1) is 12.3 Å². The van der Waals surface area contributed by atoms with Crippen molar-refractivity contribution >= 4 is 12.0 Å². The molecule has 0 heterocycles. The van der Waals surface area contributed by atoms with E-state index in [1.807, 2.05) is 0 Å². The lowest BCUT2D eigenvalue weighted by Crippen LogP contribution is -2.47. The molecule has 0 bridgehead atoms. The minimum Gasteiger partial charge on any atom is -0.480 e. The Kier molecular flexibility index (Phi) is 7.41. The van der Waals surface area contributed by atoms with Gasteiger partial charge in [-0.2, -0.15) is 13.2 Å². The highest BCUT2D eigenvalue weighted by Gasteiger charge is 2.33. The Bertz CT molecular complexity index is 350. The zero-order valence-electron chi connectivity index (χ0n) is 10.2. The molecule has 0 aromatic carbocycles. The lowest BCUT2D eigenvalue weighted by molar-refractivity contribution is -0.148. The number of carbonyl (C=O) groups is 2. The second kappa shape index (κ2) is 8.24.